The van der Waals surface area contributed by atoms with E-state index in [1.165, 1.54) is 62.7 Å². The number of amides is 2. The highest BCUT2D eigenvalue weighted by molar-refractivity contribution is 6.21. The Morgan fingerprint density at radius 1 is 0.404 bits per heavy atom. The number of benzene rings is 1. The van der Waals surface area contributed by atoms with Crippen LogP contribution in [0, 0.1) is 0 Å². The first-order chi connectivity index (χ1) is 23.3. The Labute approximate surface area is 282 Å². The van der Waals surface area contributed by atoms with E-state index >= 15 is 0 Å². The fourth-order valence-electron chi connectivity index (χ4n) is 4.93. The summed E-state index contributed by atoms with van der Waals surface area (Å²) in [5.41, 5.74) is 0.897. The number of carbonyl (C=O) groups is 2. The number of carbonyl (C=O) groups excluding carboxylic acids is 2. The van der Waals surface area contributed by atoms with Crippen LogP contribution in [-0.4, -0.2) is 129 Å². The zero-order valence-corrected chi connectivity index (χ0v) is 28.9. The largest absolute Gasteiger partial charge is 0.379 e. The van der Waals surface area contributed by atoms with Crippen molar-refractivity contribution in [1.82, 2.24) is 4.90 Å². The lowest BCUT2D eigenvalue weighted by Crippen LogP contribution is -2.33. The molecule has 0 fully saturated rings. The molecule has 2 rings (SSSR count). The van der Waals surface area contributed by atoms with Crippen molar-refractivity contribution in [3.05, 3.63) is 35.4 Å². The van der Waals surface area contributed by atoms with Crippen LogP contribution in [0.5, 0.6) is 0 Å². The Kier molecular flexibility index (Phi) is 26.4. The van der Waals surface area contributed by atoms with Crippen LogP contribution in [0.15, 0.2) is 24.3 Å². The number of hydrogen-bond donors (Lipinski definition) is 0. The Morgan fingerprint density at radius 2 is 0.702 bits per heavy atom. The van der Waals surface area contributed by atoms with Crippen LogP contribution in [0.3, 0.4) is 0 Å². The highest BCUT2D eigenvalue weighted by Gasteiger charge is 2.34. The minimum atomic E-state index is -0.271. The van der Waals surface area contributed by atoms with Crippen molar-refractivity contribution in [3.8, 4) is 0 Å². The van der Waals surface area contributed by atoms with Crippen LogP contribution in [0.2, 0.25) is 0 Å². The minimum Gasteiger partial charge on any atom is -0.379 e. The fourth-order valence-corrected chi connectivity index (χ4v) is 4.93. The number of ether oxygens (including phenoxy) is 8. The van der Waals surface area contributed by atoms with Crippen LogP contribution in [-0.2, 0) is 37.9 Å². The van der Waals surface area contributed by atoms with E-state index in [9.17, 15) is 9.59 Å². The molecule has 47 heavy (non-hydrogen) atoms. The topological polar surface area (TPSA) is 111 Å². The predicted molar refractivity (Wildman–Crippen MR) is 180 cm³/mol. The molecule has 0 saturated carbocycles. The van der Waals surface area contributed by atoms with Crippen molar-refractivity contribution >= 4 is 11.8 Å². The van der Waals surface area contributed by atoms with Gasteiger partial charge in [-0.05, 0) is 18.6 Å². The summed E-state index contributed by atoms with van der Waals surface area (Å²) in [5, 5.41) is 0. The van der Waals surface area contributed by atoms with Crippen molar-refractivity contribution in [2.75, 3.05) is 112 Å². The molecule has 1 aliphatic rings. The Hall–Kier alpha value is -1.96. The summed E-state index contributed by atoms with van der Waals surface area (Å²) in [6.45, 7) is 10.6. The molecule has 11 heteroatoms. The van der Waals surface area contributed by atoms with Crippen molar-refractivity contribution in [2.24, 2.45) is 0 Å². The van der Waals surface area contributed by atoms with Crippen molar-refractivity contribution in [2.45, 2.75) is 71.1 Å². The smallest absolute Gasteiger partial charge is 0.261 e. The molecule has 2 amide bonds. The van der Waals surface area contributed by atoms with Crippen molar-refractivity contribution in [1.29, 1.82) is 0 Å². The normalized spacial score (nSPS) is 12.8. The quantitative estimate of drug-likeness (QED) is 0.0695. The molecule has 1 aromatic carbocycles. The molecule has 1 aliphatic heterocycles. The SMILES string of the molecule is CCCCCCCCCCCCOCCOCCOCCOCCOCCOCCOCCOCCN1C(=O)c2ccccc2C1=O. The van der Waals surface area contributed by atoms with Gasteiger partial charge in [-0.15, -0.1) is 0 Å². The molecule has 0 atom stereocenters. The second kappa shape index (κ2) is 30.1. The van der Waals surface area contributed by atoms with Gasteiger partial charge >= 0.3 is 0 Å². The molecule has 1 aromatic rings. The zero-order chi connectivity index (χ0) is 33.5. The average molecular weight is 668 g/mol. The standard InChI is InChI=1S/C36H61NO10/c1-2-3-4-5-6-7-8-9-10-13-17-40-19-21-42-23-25-44-27-29-46-31-32-47-30-28-45-26-24-43-22-20-41-18-16-37-35(38)33-14-11-12-15-34(33)36(37)39/h11-12,14-15H,2-10,13,16-32H2,1H3. The first kappa shape index (κ1) is 41.2. The van der Waals surface area contributed by atoms with E-state index in [0.29, 0.717) is 104 Å². The van der Waals surface area contributed by atoms with E-state index in [2.05, 4.69) is 6.92 Å². The van der Waals surface area contributed by atoms with Crippen LogP contribution in [0.1, 0.15) is 91.8 Å². The molecule has 0 bridgehead atoms. The summed E-state index contributed by atoms with van der Waals surface area (Å²) in [6, 6.07) is 6.84. The van der Waals surface area contributed by atoms with Gasteiger partial charge < -0.3 is 37.9 Å². The third-order valence-electron chi connectivity index (χ3n) is 7.58. The summed E-state index contributed by atoms with van der Waals surface area (Å²) >= 11 is 0. The van der Waals surface area contributed by atoms with E-state index in [-0.39, 0.29) is 25.0 Å². The van der Waals surface area contributed by atoms with E-state index in [0.717, 1.165) is 13.0 Å². The van der Waals surface area contributed by atoms with E-state index in [1.807, 2.05) is 0 Å². The van der Waals surface area contributed by atoms with Gasteiger partial charge in [0, 0.05) is 6.61 Å². The lowest BCUT2D eigenvalue weighted by Gasteiger charge is -2.13. The number of unbranched alkanes of at least 4 members (excludes halogenated alkanes) is 9. The Bertz CT molecular complexity index is 867. The lowest BCUT2D eigenvalue weighted by molar-refractivity contribution is -0.0233. The van der Waals surface area contributed by atoms with Gasteiger partial charge in [-0.2, -0.15) is 0 Å². The predicted octanol–water partition coefficient (Wildman–Crippen LogP) is 5.34. The number of rotatable bonds is 35. The van der Waals surface area contributed by atoms with Gasteiger partial charge in [-0.1, -0.05) is 76.8 Å². The first-order valence-electron chi connectivity index (χ1n) is 17.8. The van der Waals surface area contributed by atoms with E-state index in [1.54, 1.807) is 24.3 Å². The van der Waals surface area contributed by atoms with Gasteiger partial charge in [0.05, 0.1) is 117 Å². The van der Waals surface area contributed by atoms with Crippen LogP contribution >= 0.6 is 0 Å². The number of hydrogen-bond acceptors (Lipinski definition) is 10. The van der Waals surface area contributed by atoms with Crippen molar-refractivity contribution < 1.29 is 47.5 Å². The summed E-state index contributed by atoms with van der Waals surface area (Å²) in [7, 11) is 0. The zero-order valence-electron chi connectivity index (χ0n) is 28.9. The molecule has 1 heterocycles. The van der Waals surface area contributed by atoms with Crippen LogP contribution in [0.25, 0.3) is 0 Å². The fraction of sp³-hybridized carbons (Fsp3) is 0.778. The third kappa shape index (κ3) is 20.9. The summed E-state index contributed by atoms with van der Waals surface area (Å²) < 4.78 is 44.1. The maximum atomic E-state index is 12.3. The number of nitrogens with zero attached hydrogens (tertiary/aromatic N) is 1. The van der Waals surface area contributed by atoms with Gasteiger partial charge in [0.2, 0.25) is 0 Å². The van der Waals surface area contributed by atoms with Crippen LogP contribution < -0.4 is 0 Å². The highest BCUT2D eigenvalue weighted by Crippen LogP contribution is 2.21. The Morgan fingerprint density at radius 3 is 1.06 bits per heavy atom. The molecule has 0 aliphatic carbocycles. The van der Waals surface area contributed by atoms with Gasteiger partial charge in [-0.25, -0.2) is 0 Å². The average Bonchev–Trinajstić information content (AvgIpc) is 3.33. The summed E-state index contributed by atoms with van der Waals surface area (Å²) in [6.07, 6.45) is 13.4. The lowest BCUT2D eigenvalue weighted by atomic mass is 10.1. The molecule has 0 aromatic heterocycles. The molecule has 0 N–H and O–H groups in total. The monoisotopic (exact) mass is 667 g/mol. The highest BCUT2D eigenvalue weighted by atomic mass is 16.6. The van der Waals surface area contributed by atoms with Gasteiger partial charge in [-0.3, -0.25) is 14.5 Å². The van der Waals surface area contributed by atoms with E-state index < -0.39 is 0 Å². The molecule has 0 saturated heterocycles. The molecule has 0 radical (unpaired) electrons. The van der Waals surface area contributed by atoms with Crippen molar-refractivity contribution in [3.63, 3.8) is 0 Å². The maximum Gasteiger partial charge on any atom is 0.261 e. The molecular formula is C36H61NO10. The molecule has 270 valence electrons. The van der Waals surface area contributed by atoms with Crippen LogP contribution in [0.4, 0.5) is 0 Å². The molecular weight excluding hydrogens is 606 g/mol. The molecule has 11 nitrogen and oxygen atoms in total. The van der Waals surface area contributed by atoms with Gasteiger partial charge in [0.15, 0.2) is 0 Å². The van der Waals surface area contributed by atoms with Gasteiger partial charge in [0.1, 0.15) is 0 Å². The first-order valence-corrected chi connectivity index (χ1v) is 17.8. The van der Waals surface area contributed by atoms with E-state index in [4.69, 9.17) is 37.9 Å². The minimum absolute atomic E-state index is 0.222. The maximum absolute atomic E-state index is 12.3. The summed E-state index contributed by atoms with van der Waals surface area (Å²) in [5.74, 6) is -0.542. The number of imide groups is 1. The molecule has 0 spiro atoms. The second-order valence-electron chi connectivity index (χ2n) is 11.4. The Balaban J connectivity index is 1.18. The number of fused-ring (bicyclic) bond motifs is 1. The molecule has 0 unspecified atom stereocenters. The third-order valence-corrected chi connectivity index (χ3v) is 7.58. The van der Waals surface area contributed by atoms with Gasteiger partial charge in [0.25, 0.3) is 11.8 Å². The second-order valence-corrected chi connectivity index (χ2v) is 11.4. The summed E-state index contributed by atoms with van der Waals surface area (Å²) in [4.78, 5) is 25.8.